The van der Waals surface area contributed by atoms with Gasteiger partial charge < -0.3 is 15.4 Å². The summed E-state index contributed by atoms with van der Waals surface area (Å²) in [6, 6.07) is 2.11. The molecule has 0 saturated carbocycles. The molecule has 7 heteroatoms. The van der Waals surface area contributed by atoms with Crippen LogP contribution in [0.3, 0.4) is 0 Å². The first-order valence-corrected chi connectivity index (χ1v) is 9.17. The summed E-state index contributed by atoms with van der Waals surface area (Å²) in [6.07, 6.45) is 4.06. The van der Waals surface area contributed by atoms with Crippen LogP contribution in [-0.2, 0) is 11.2 Å². The highest BCUT2D eigenvalue weighted by Crippen LogP contribution is 2.40. The van der Waals surface area contributed by atoms with E-state index in [-0.39, 0.29) is 11.8 Å². The number of carbonyl (C=O) groups is 2. The first kappa shape index (κ1) is 18.0. The molecule has 1 unspecified atom stereocenters. The molecule has 0 radical (unpaired) electrons. The number of benzene rings is 1. The van der Waals surface area contributed by atoms with Gasteiger partial charge in [-0.1, -0.05) is 18.5 Å². The quantitative estimate of drug-likeness (QED) is 0.841. The zero-order valence-electron chi connectivity index (χ0n) is 14.7. The summed E-state index contributed by atoms with van der Waals surface area (Å²) in [5, 5.41) is 6.08. The highest BCUT2D eigenvalue weighted by molar-refractivity contribution is 6.34. The van der Waals surface area contributed by atoms with Crippen molar-refractivity contribution in [2.24, 2.45) is 0 Å². The first-order valence-electron chi connectivity index (χ1n) is 8.79. The van der Waals surface area contributed by atoms with Crippen molar-refractivity contribution in [1.29, 1.82) is 0 Å². The number of nitrogens with zero attached hydrogens (tertiary/aromatic N) is 1. The summed E-state index contributed by atoms with van der Waals surface area (Å²) < 4.78 is 5.66. The first-order chi connectivity index (χ1) is 12.0. The van der Waals surface area contributed by atoms with Gasteiger partial charge in [0.1, 0.15) is 5.75 Å². The number of hydrogen-bond acceptors (Lipinski definition) is 4. The highest BCUT2D eigenvalue weighted by Gasteiger charge is 2.28. The molecule has 2 N–H and O–H groups in total. The van der Waals surface area contributed by atoms with E-state index in [4.69, 9.17) is 16.3 Å². The van der Waals surface area contributed by atoms with Crippen molar-refractivity contribution >= 4 is 29.1 Å². The minimum Gasteiger partial charge on any atom is -0.492 e. The molecule has 2 aliphatic rings. The minimum absolute atomic E-state index is 0.198. The zero-order chi connectivity index (χ0) is 18.0. The molecular formula is C18H24ClN3O3. The van der Waals surface area contributed by atoms with Gasteiger partial charge in [-0.05, 0) is 25.3 Å². The van der Waals surface area contributed by atoms with Gasteiger partial charge in [-0.25, -0.2) is 0 Å². The fourth-order valence-electron chi connectivity index (χ4n) is 3.66. The summed E-state index contributed by atoms with van der Waals surface area (Å²) in [4.78, 5) is 26.4. The molecule has 6 nitrogen and oxygen atoms in total. The van der Waals surface area contributed by atoms with Crippen molar-refractivity contribution in [2.45, 2.75) is 45.6 Å². The predicted molar refractivity (Wildman–Crippen MR) is 97.3 cm³/mol. The molecule has 0 aliphatic carbocycles. The second kappa shape index (κ2) is 7.62. The number of hydrogen-bond donors (Lipinski definition) is 2. The number of fused-ring (bicyclic) bond motifs is 1. The molecule has 1 aromatic carbocycles. The fourth-order valence-corrected chi connectivity index (χ4v) is 3.93. The van der Waals surface area contributed by atoms with Crippen molar-refractivity contribution in [3.05, 3.63) is 22.2 Å². The molecule has 136 valence electrons. The zero-order valence-corrected chi connectivity index (χ0v) is 15.4. The number of nitrogens with one attached hydrogen (secondary N) is 2. The Morgan fingerprint density at radius 1 is 1.44 bits per heavy atom. The van der Waals surface area contributed by atoms with Crippen LogP contribution in [0.2, 0.25) is 5.02 Å². The van der Waals surface area contributed by atoms with E-state index >= 15 is 0 Å². The molecule has 1 atom stereocenters. The van der Waals surface area contributed by atoms with Crippen LogP contribution in [0.15, 0.2) is 6.07 Å². The molecule has 0 spiro atoms. The van der Waals surface area contributed by atoms with E-state index in [0.29, 0.717) is 47.8 Å². The van der Waals surface area contributed by atoms with Gasteiger partial charge in [0, 0.05) is 31.5 Å². The van der Waals surface area contributed by atoms with Crippen molar-refractivity contribution in [3.63, 3.8) is 0 Å². The molecule has 1 saturated heterocycles. The SMILES string of the molecule is CCC1CCCN1CNC(=O)c1cc(Cl)c(NC(C)=O)c2c1OCC2. The molecule has 1 aromatic rings. The lowest BCUT2D eigenvalue weighted by atomic mass is 10.0. The maximum absolute atomic E-state index is 12.7. The van der Waals surface area contributed by atoms with Crippen LogP contribution in [-0.4, -0.2) is 42.6 Å². The van der Waals surface area contributed by atoms with Crippen molar-refractivity contribution < 1.29 is 14.3 Å². The molecule has 2 aliphatic heterocycles. The summed E-state index contributed by atoms with van der Waals surface area (Å²) in [7, 11) is 0. The number of amides is 2. The topological polar surface area (TPSA) is 70.7 Å². The Kier molecular flexibility index (Phi) is 5.49. The van der Waals surface area contributed by atoms with Crippen LogP contribution in [0.4, 0.5) is 5.69 Å². The normalized spacial score (nSPS) is 19.4. The fraction of sp³-hybridized carbons (Fsp3) is 0.556. The maximum Gasteiger partial charge on any atom is 0.256 e. The lowest BCUT2D eigenvalue weighted by Crippen LogP contribution is -2.40. The largest absolute Gasteiger partial charge is 0.492 e. The number of anilines is 1. The lowest BCUT2D eigenvalue weighted by Gasteiger charge is -2.23. The Morgan fingerprint density at radius 2 is 2.24 bits per heavy atom. The molecule has 25 heavy (non-hydrogen) atoms. The van der Waals surface area contributed by atoms with Gasteiger partial charge >= 0.3 is 0 Å². The van der Waals surface area contributed by atoms with Gasteiger partial charge in [-0.2, -0.15) is 0 Å². The van der Waals surface area contributed by atoms with Crippen LogP contribution in [0, 0.1) is 0 Å². The van der Waals surface area contributed by atoms with E-state index in [1.165, 1.54) is 19.8 Å². The molecule has 0 bridgehead atoms. The standard InChI is InChI=1S/C18H24ClN3O3/c1-3-12-5-4-7-22(12)10-20-18(24)14-9-15(19)16(21-11(2)23)13-6-8-25-17(13)14/h9,12H,3-8,10H2,1-2H3,(H,20,24)(H,21,23). The van der Waals surface area contributed by atoms with Gasteiger partial charge in [-0.15, -0.1) is 0 Å². The third-order valence-corrected chi connectivity index (χ3v) is 5.19. The molecular weight excluding hydrogens is 342 g/mol. The Balaban J connectivity index is 1.78. The highest BCUT2D eigenvalue weighted by atomic mass is 35.5. The van der Waals surface area contributed by atoms with Crippen LogP contribution in [0.25, 0.3) is 0 Å². The number of carbonyl (C=O) groups excluding carboxylic acids is 2. The third-order valence-electron chi connectivity index (χ3n) is 4.89. The van der Waals surface area contributed by atoms with Gasteiger partial charge in [-0.3, -0.25) is 14.5 Å². The summed E-state index contributed by atoms with van der Waals surface area (Å²) >= 11 is 6.31. The molecule has 1 fully saturated rings. The number of rotatable bonds is 5. The Bertz CT molecular complexity index is 693. The van der Waals surface area contributed by atoms with E-state index in [9.17, 15) is 9.59 Å². The minimum atomic E-state index is -0.201. The monoisotopic (exact) mass is 365 g/mol. The van der Waals surface area contributed by atoms with Crippen molar-refractivity contribution in [1.82, 2.24) is 10.2 Å². The van der Waals surface area contributed by atoms with Crippen LogP contribution < -0.4 is 15.4 Å². The Hall–Kier alpha value is -1.79. The Morgan fingerprint density at radius 3 is 2.96 bits per heavy atom. The number of likely N-dealkylation sites (tertiary alicyclic amines) is 1. The van der Waals surface area contributed by atoms with E-state index in [0.717, 1.165) is 18.5 Å². The van der Waals surface area contributed by atoms with Gasteiger partial charge in [0.15, 0.2) is 0 Å². The summed E-state index contributed by atoms with van der Waals surface area (Å²) in [5.74, 6) is 0.128. The lowest BCUT2D eigenvalue weighted by molar-refractivity contribution is -0.114. The smallest absolute Gasteiger partial charge is 0.256 e. The van der Waals surface area contributed by atoms with Crippen LogP contribution in [0.5, 0.6) is 5.75 Å². The summed E-state index contributed by atoms with van der Waals surface area (Å²) in [5.41, 5.74) is 1.77. The second-order valence-electron chi connectivity index (χ2n) is 6.55. The van der Waals surface area contributed by atoms with E-state index in [1.807, 2.05) is 0 Å². The number of ether oxygens (including phenoxy) is 1. The van der Waals surface area contributed by atoms with Gasteiger partial charge in [0.25, 0.3) is 5.91 Å². The molecule has 3 rings (SSSR count). The van der Waals surface area contributed by atoms with E-state index in [2.05, 4.69) is 22.5 Å². The molecule has 0 aromatic heterocycles. The van der Waals surface area contributed by atoms with Crippen LogP contribution >= 0.6 is 11.6 Å². The third kappa shape index (κ3) is 3.75. The van der Waals surface area contributed by atoms with Crippen LogP contribution in [0.1, 0.15) is 49.0 Å². The number of halogens is 1. The van der Waals surface area contributed by atoms with E-state index < -0.39 is 0 Å². The van der Waals surface area contributed by atoms with Gasteiger partial charge in [0.05, 0.1) is 29.5 Å². The average Bonchev–Trinajstić information content (AvgIpc) is 3.23. The van der Waals surface area contributed by atoms with E-state index in [1.54, 1.807) is 6.07 Å². The molecule has 2 amide bonds. The average molecular weight is 366 g/mol. The second-order valence-corrected chi connectivity index (χ2v) is 6.96. The Labute approximate surface area is 152 Å². The maximum atomic E-state index is 12.7. The van der Waals surface area contributed by atoms with Gasteiger partial charge in [0.2, 0.25) is 5.91 Å². The molecule has 2 heterocycles. The summed E-state index contributed by atoms with van der Waals surface area (Å²) in [6.45, 7) is 5.62. The van der Waals surface area contributed by atoms with Crippen molar-refractivity contribution in [2.75, 3.05) is 25.1 Å². The van der Waals surface area contributed by atoms with Crippen molar-refractivity contribution in [3.8, 4) is 5.75 Å². The predicted octanol–water partition coefficient (Wildman–Crippen LogP) is 2.80.